The molecule has 6 nitrogen and oxygen atoms in total. The fraction of sp³-hybridized carbons (Fsp3) is 0.500. The Kier molecular flexibility index (Phi) is 4.04. The molecule has 0 saturated carbocycles. The van der Waals surface area contributed by atoms with Gasteiger partial charge in [0.05, 0.1) is 6.54 Å². The summed E-state index contributed by atoms with van der Waals surface area (Å²) in [6.45, 7) is 4.64. The van der Waals surface area contributed by atoms with Crippen LogP contribution in [0.15, 0.2) is 6.20 Å². The van der Waals surface area contributed by atoms with Crippen LogP contribution in [0.2, 0.25) is 0 Å². The molecule has 0 aliphatic rings. The Morgan fingerprint density at radius 1 is 1.62 bits per heavy atom. The third kappa shape index (κ3) is 3.08. The van der Waals surface area contributed by atoms with Gasteiger partial charge in [-0.05, 0) is 13.8 Å². The normalized spacial score (nSPS) is 9.94. The van der Waals surface area contributed by atoms with Crippen molar-refractivity contribution in [2.24, 2.45) is 0 Å². The van der Waals surface area contributed by atoms with Crippen LogP contribution in [0.5, 0.6) is 0 Å². The van der Waals surface area contributed by atoms with Crippen LogP contribution in [0.1, 0.15) is 12.5 Å². The van der Waals surface area contributed by atoms with E-state index in [-0.39, 0.29) is 18.4 Å². The molecule has 0 fully saturated rings. The number of nitrogens with one attached hydrogen (secondary N) is 1. The second-order valence-electron chi connectivity index (χ2n) is 3.54. The Morgan fingerprint density at radius 2 is 2.31 bits per heavy atom. The molecule has 0 aliphatic carbocycles. The molecular weight excluding hydrogens is 206 g/mol. The summed E-state index contributed by atoms with van der Waals surface area (Å²) in [5.41, 5.74) is 6.40. The monoisotopic (exact) mass is 223 g/mol. The summed E-state index contributed by atoms with van der Waals surface area (Å²) >= 11 is 0. The first-order valence-electron chi connectivity index (χ1n) is 5.11. The van der Waals surface area contributed by atoms with Crippen LogP contribution in [-0.2, 0) is 4.79 Å². The van der Waals surface area contributed by atoms with E-state index in [9.17, 15) is 4.79 Å². The van der Waals surface area contributed by atoms with E-state index in [4.69, 9.17) is 5.73 Å². The largest absolute Gasteiger partial charge is 0.368 e. The standard InChI is InChI=1S/C10H17N5O/c1-4-12-8(16)6-15(3)9-7(2)5-13-10(11)14-9/h5H,4,6H2,1-3H3,(H,12,16)(H2,11,13,14). The lowest BCUT2D eigenvalue weighted by atomic mass is 10.3. The average Bonchev–Trinajstić information content (AvgIpc) is 2.21. The van der Waals surface area contributed by atoms with Gasteiger partial charge in [0, 0.05) is 25.4 Å². The van der Waals surface area contributed by atoms with Crippen molar-refractivity contribution in [1.82, 2.24) is 15.3 Å². The number of amides is 1. The molecule has 0 bridgehead atoms. The molecule has 0 atom stereocenters. The van der Waals surface area contributed by atoms with Gasteiger partial charge in [0.1, 0.15) is 5.82 Å². The molecule has 1 aromatic heterocycles. The first-order chi connectivity index (χ1) is 7.54. The predicted octanol–water partition coefficient (Wildman–Crippen LogP) is -0.0605. The summed E-state index contributed by atoms with van der Waals surface area (Å²) in [5, 5.41) is 2.73. The number of nitrogen functional groups attached to an aromatic ring is 1. The summed E-state index contributed by atoms with van der Waals surface area (Å²) in [7, 11) is 1.80. The lowest BCUT2D eigenvalue weighted by Gasteiger charge is -2.19. The molecule has 0 spiro atoms. The Labute approximate surface area is 94.9 Å². The van der Waals surface area contributed by atoms with E-state index >= 15 is 0 Å². The Bertz CT molecular complexity index is 379. The van der Waals surface area contributed by atoms with Gasteiger partial charge in [0.25, 0.3) is 0 Å². The highest BCUT2D eigenvalue weighted by molar-refractivity contribution is 5.81. The lowest BCUT2D eigenvalue weighted by molar-refractivity contribution is -0.119. The van der Waals surface area contributed by atoms with Gasteiger partial charge < -0.3 is 16.0 Å². The number of anilines is 2. The zero-order valence-electron chi connectivity index (χ0n) is 9.82. The van der Waals surface area contributed by atoms with Crippen LogP contribution in [0.3, 0.4) is 0 Å². The summed E-state index contributed by atoms with van der Waals surface area (Å²) in [5.74, 6) is 0.851. The van der Waals surface area contributed by atoms with E-state index in [1.165, 1.54) is 0 Å². The number of nitrogens with two attached hydrogens (primary N) is 1. The van der Waals surface area contributed by atoms with E-state index in [1.54, 1.807) is 18.1 Å². The summed E-state index contributed by atoms with van der Waals surface area (Å²) < 4.78 is 0. The van der Waals surface area contributed by atoms with Crippen LogP contribution < -0.4 is 16.0 Å². The topological polar surface area (TPSA) is 84.1 Å². The van der Waals surface area contributed by atoms with Crippen molar-refractivity contribution in [2.45, 2.75) is 13.8 Å². The number of likely N-dealkylation sites (N-methyl/N-ethyl adjacent to an activating group) is 2. The lowest BCUT2D eigenvalue weighted by Crippen LogP contribution is -2.35. The molecule has 6 heteroatoms. The zero-order chi connectivity index (χ0) is 12.1. The molecule has 88 valence electrons. The van der Waals surface area contributed by atoms with Crippen molar-refractivity contribution in [3.05, 3.63) is 11.8 Å². The number of rotatable bonds is 4. The molecule has 1 heterocycles. The molecule has 0 saturated heterocycles. The number of carbonyl (C=O) groups is 1. The molecule has 1 amide bonds. The van der Waals surface area contributed by atoms with Gasteiger partial charge in [-0.2, -0.15) is 4.98 Å². The fourth-order valence-corrected chi connectivity index (χ4v) is 1.38. The number of hydrogen-bond acceptors (Lipinski definition) is 5. The molecule has 0 aliphatic heterocycles. The van der Waals surface area contributed by atoms with Crippen molar-refractivity contribution in [2.75, 3.05) is 30.8 Å². The van der Waals surface area contributed by atoms with Crippen molar-refractivity contribution in [3.8, 4) is 0 Å². The minimum Gasteiger partial charge on any atom is -0.368 e. The highest BCUT2D eigenvalue weighted by Gasteiger charge is 2.10. The molecule has 0 radical (unpaired) electrons. The van der Waals surface area contributed by atoms with E-state index in [0.29, 0.717) is 12.4 Å². The van der Waals surface area contributed by atoms with Crippen LogP contribution in [0, 0.1) is 6.92 Å². The summed E-state index contributed by atoms with van der Waals surface area (Å²) in [6.07, 6.45) is 1.64. The molecule has 0 unspecified atom stereocenters. The second-order valence-corrected chi connectivity index (χ2v) is 3.54. The maximum absolute atomic E-state index is 11.4. The van der Waals surface area contributed by atoms with Gasteiger partial charge in [0.15, 0.2) is 0 Å². The third-order valence-corrected chi connectivity index (χ3v) is 2.08. The van der Waals surface area contributed by atoms with Gasteiger partial charge in [-0.3, -0.25) is 4.79 Å². The molecule has 0 aromatic carbocycles. The Morgan fingerprint density at radius 3 is 2.94 bits per heavy atom. The van der Waals surface area contributed by atoms with Crippen LogP contribution in [0.4, 0.5) is 11.8 Å². The van der Waals surface area contributed by atoms with Gasteiger partial charge in [-0.25, -0.2) is 4.98 Å². The molecule has 16 heavy (non-hydrogen) atoms. The Hall–Kier alpha value is -1.85. The maximum Gasteiger partial charge on any atom is 0.239 e. The van der Waals surface area contributed by atoms with E-state index in [2.05, 4.69) is 15.3 Å². The smallest absolute Gasteiger partial charge is 0.239 e. The van der Waals surface area contributed by atoms with Crippen LogP contribution in [0.25, 0.3) is 0 Å². The van der Waals surface area contributed by atoms with Crippen LogP contribution >= 0.6 is 0 Å². The number of nitrogens with zero attached hydrogens (tertiary/aromatic N) is 3. The SMILES string of the molecule is CCNC(=O)CN(C)c1nc(N)ncc1C. The summed E-state index contributed by atoms with van der Waals surface area (Å²) in [6, 6.07) is 0. The van der Waals surface area contributed by atoms with Crippen molar-refractivity contribution in [3.63, 3.8) is 0 Å². The predicted molar refractivity (Wildman–Crippen MR) is 63.1 cm³/mol. The highest BCUT2D eigenvalue weighted by atomic mass is 16.2. The minimum atomic E-state index is -0.0402. The summed E-state index contributed by atoms with van der Waals surface area (Å²) in [4.78, 5) is 21.1. The number of aromatic nitrogens is 2. The van der Waals surface area contributed by atoms with E-state index < -0.39 is 0 Å². The number of carbonyl (C=O) groups excluding carboxylic acids is 1. The maximum atomic E-state index is 11.4. The van der Waals surface area contributed by atoms with Crippen molar-refractivity contribution >= 4 is 17.7 Å². The first-order valence-corrected chi connectivity index (χ1v) is 5.11. The molecule has 1 rings (SSSR count). The van der Waals surface area contributed by atoms with Gasteiger partial charge in [0.2, 0.25) is 11.9 Å². The van der Waals surface area contributed by atoms with Gasteiger partial charge >= 0.3 is 0 Å². The molecule has 1 aromatic rings. The minimum absolute atomic E-state index is 0.0402. The second kappa shape index (κ2) is 5.29. The third-order valence-electron chi connectivity index (χ3n) is 2.08. The van der Waals surface area contributed by atoms with Crippen molar-refractivity contribution in [1.29, 1.82) is 0 Å². The Balaban J connectivity index is 2.76. The zero-order valence-corrected chi connectivity index (χ0v) is 9.82. The van der Waals surface area contributed by atoms with E-state index in [0.717, 1.165) is 5.56 Å². The van der Waals surface area contributed by atoms with Crippen molar-refractivity contribution < 1.29 is 4.79 Å². The highest BCUT2D eigenvalue weighted by Crippen LogP contribution is 2.14. The van der Waals surface area contributed by atoms with E-state index in [1.807, 2.05) is 13.8 Å². The quantitative estimate of drug-likeness (QED) is 0.747. The average molecular weight is 223 g/mol. The molecule has 3 N–H and O–H groups in total. The number of aryl methyl sites for hydroxylation is 1. The van der Waals surface area contributed by atoms with Gasteiger partial charge in [-0.15, -0.1) is 0 Å². The number of hydrogen-bond donors (Lipinski definition) is 2. The first kappa shape index (κ1) is 12.2. The fourth-order valence-electron chi connectivity index (χ4n) is 1.38. The molecular formula is C10H17N5O. The van der Waals surface area contributed by atoms with Gasteiger partial charge in [-0.1, -0.05) is 0 Å². The van der Waals surface area contributed by atoms with Crippen LogP contribution in [-0.4, -0.2) is 36.0 Å².